The van der Waals surface area contributed by atoms with Crippen molar-refractivity contribution in [2.45, 2.75) is 25.7 Å². The summed E-state index contributed by atoms with van der Waals surface area (Å²) in [6.45, 7) is 1.86. The maximum Gasteiger partial charge on any atom is 0.241 e. The average Bonchev–Trinajstić information content (AvgIpc) is 3.20. The topological polar surface area (TPSA) is 95.0 Å². The highest BCUT2D eigenvalue weighted by Crippen LogP contribution is 2.63. The smallest absolute Gasteiger partial charge is 0.241 e. The molecule has 0 bridgehead atoms. The number of rotatable bonds is 2. The molecule has 4 aliphatic rings. The van der Waals surface area contributed by atoms with Crippen LogP contribution in [0.2, 0.25) is 0 Å². The Morgan fingerprint density at radius 2 is 1.57 bits per heavy atom. The molecule has 2 saturated heterocycles. The van der Waals surface area contributed by atoms with Crippen molar-refractivity contribution >= 4 is 29.3 Å². The molecule has 178 valence electrons. The van der Waals surface area contributed by atoms with Gasteiger partial charge < -0.3 is 5.11 Å². The Labute approximate surface area is 203 Å². The summed E-state index contributed by atoms with van der Waals surface area (Å²) in [7, 11) is 1.52. The number of likely N-dealkylation sites (tertiary alicyclic amines) is 1. The summed E-state index contributed by atoms with van der Waals surface area (Å²) in [6, 6.07) is 15.7. The van der Waals surface area contributed by atoms with Gasteiger partial charge in [-0.25, -0.2) is 4.90 Å². The molecule has 0 radical (unpaired) electrons. The van der Waals surface area contributed by atoms with Crippen LogP contribution in [0, 0.1) is 29.1 Å². The number of anilines is 1. The Kier molecular flexibility index (Phi) is 4.59. The monoisotopic (exact) mass is 470 g/mol. The number of hydrogen-bond donors (Lipinski definition) is 1. The largest absolute Gasteiger partial charge is 0.508 e. The number of fused-ring (bicyclic) bond motifs is 4. The number of carbonyl (C=O) groups excluding carboxylic acids is 4. The zero-order chi connectivity index (χ0) is 24.6. The quantitative estimate of drug-likeness (QED) is 0.537. The lowest BCUT2D eigenvalue weighted by atomic mass is 9.51. The van der Waals surface area contributed by atoms with E-state index >= 15 is 0 Å². The van der Waals surface area contributed by atoms with Crippen molar-refractivity contribution in [2.75, 3.05) is 11.9 Å². The van der Waals surface area contributed by atoms with Crippen molar-refractivity contribution in [1.82, 2.24) is 4.90 Å². The number of benzene rings is 2. The summed E-state index contributed by atoms with van der Waals surface area (Å²) in [4.78, 5) is 56.4. The van der Waals surface area contributed by atoms with Crippen LogP contribution in [0.1, 0.15) is 31.2 Å². The average molecular weight is 471 g/mol. The minimum atomic E-state index is -1.06. The van der Waals surface area contributed by atoms with Gasteiger partial charge in [-0.15, -0.1) is 0 Å². The molecule has 0 aromatic heterocycles. The molecule has 2 aromatic rings. The number of para-hydroxylation sites is 1. The predicted octanol–water partition coefficient (Wildman–Crippen LogP) is 3.25. The fourth-order valence-electron chi connectivity index (χ4n) is 7.04. The Morgan fingerprint density at radius 3 is 2.26 bits per heavy atom. The van der Waals surface area contributed by atoms with Crippen LogP contribution in [-0.4, -0.2) is 40.7 Å². The second-order valence-corrected chi connectivity index (χ2v) is 10.3. The second-order valence-electron chi connectivity index (χ2n) is 10.3. The first kappa shape index (κ1) is 21.8. The van der Waals surface area contributed by atoms with Gasteiger partial charge in [0, 0.05) is 13.0 Å². The van der Waals surface area contributed by atoms with E-state index in [2.05, 4.69) is 0 Å². The van der Waals surface area contributed by atoms with Crippen LogP contribution in [0.5, 0.6) is 5.75 Å². The summed E-state index contributed by atoms with van der Waals surface area (Å²) in [5.74, 6) is -3.14. The Bertz CT molecular complexity index is 1300. The maximum absolute atomic E-state index is 14.1. The van der Waals surface area contributed by atoms with E-state index < -0.39 is 29.1 Å². The molecular weight excluding hydrogens is 444 g/mol. The van der Waals surface area contributed by atoms with E-state index in [0.29, 0.717) is 18.5 Å². The van der Waals surface area contributed by atoms with Gasteiger partial charge in [0.25, 0.3) is 0 Å². The molecule has 6 rings (SSSR count). The third-order valence-corrected chi connectivity index (χ3v) is 8.74. The number of phenolic OH excluding ortho intramolecular Hbond substituents is 1. The number of carbonyl (C=O) groups is 4. The van der Waals surface area contributed by atoms with Gasteiger partial charge in [0.2, 0.25) is 23.6 Å². The van der Waals surface area contributed by atoms with Crippen LogP contribution in [0.3, 0.4) is 0 Å². The van der Waals surface area contributed by atoms with Crippen LogP contribution < -0.4 is 4.90 Å². The van der Waals surface area contributed by atoms with Crippen molar-refractivity contribution in [3.05, 3.63) is 71.8 Å². The number of allylic oxidation sites excluding steroid dienone is 2. The number of hydrogen-bond acceptors (Lipinski definition) is 5. The number of phenols is 1. The molecule has 7 nitrogen and oxygen atoms in total. The molecule has 6 atom stereocenters. The van der Waals surface area contributed by atoms with Crippen molar-refractivity contribution in [3.8, 4) is 5.75 Å². The van der Waals surface area contributed by atoms with Crippen LogP contribution in [0.4, 0.5) is 5.69 Å². The number of aromatic hydroxyl groups is 1. The normalized spacial score (nSPS) is 34.0. The van der Waals surface area contributed by atoms with Gasteiger partial charge in [0.15, 0.2) is 0 Å². The van der Waals surface area contributed by atoms with E-state index in [9.17, 15) is 24.3 Å². The van der Waals surface area contributed by atoms with E-state index in [-0.39, 0.29) is 35.3 Å². The maximum atomic E-state index is 14.1. The Morgan fingerprint density at radius 1 is 0.886 bits per heavy atom. The molecule has 35 heavy (non-hydrogen) atoms. The van der Waals surface area contributed by atoms with Crippen LogP contribution in [0.15, 0.2) is 66.2 Å². The number of imide groups is 2. The van der Waals surface area contributed by atoms with E-state index in [1.165, 1.54) is 16.8 Å². The van der Waals surface area contributed by atoms with Gasteiger partial charge in [-0.1, -0.05) is 42.0 Å². The molecule has 1 N–H and O–H groups in total. The van der Waals surface area contributed by atoms with E-state index in [0.717, 1.165) is 11.1 Å². The standard InChI is InChI=1S/C28H26N2O5/c1-28-21(25(33)30(27(28)35)16-6-4-3-5-7-16)14-20-18(23(28)15-8-10-17(31)11-9-15)12-13-19-22(20)26(34)29(2)24(19)32/h3-12,19-23,31H,13-14H2,1-2H3. The van der Waals surface area contributed by atoms with Gasteiger partial charge in [-0.3, -0.25) is 24.1 Å². The molecule has 2 aromatic carbocycles. The molecule has 3 fully saturated rings. The highest BCUT2D eigenvalue weighted by Gasteiger charge is 2.67. The van der Waals surface area contributed by atoms with E-state index in [1.807, 2.05) is 19.1 Å². The molecule has 2 aliphatic carbocycles. The fraction of sp³-hybridized carbons (Fsp3) is 0.357. The number of nitrogens with zero attached hydrogens (tertiary/aromatic N) is 2. The zero-order valence-corrected chi connectivity index (χ0v) is 19.5. The van der Waals surface area contributed by atoms with Crippen molar-refractivity contribution in [1.29, 1.82) is 0 Å². The van der Waals surface area contributed by atoms with Crippen molar-refractivity contribution in [3.63, 3.8) is 0 Å². The molecule has 4 amide bonds. The molecule has 2 heterocycles. The summed E-state index contributed by atoms with van der Waals surface area (Å²) in [5.41, 5.74) is 1.23. The third kappa shape index (κ3) is 2.78. The molecule has 7 heteroatoms. The first-order valence-electron chi connectivity index (χ1n) is 12.0. The first-order valence-corrected chi connectivity index (χ1v) is 12.0. The van der Waals surface area contributed by atoms with Gasteiger partial charge in [0.05, 0.1) is 28.9 Å². The van der Waals surface area contributed by atoms with Gasteiger partial charge in [0.1, 0.15) is 5.75 Å². The first-order chi connectivity index (χ1) is 16.7. The van der Waals surface area contributed by atoms with E-state index in [1.54, 1.807) is 48.5 Å². The van der Waals surface area contributed by atoms with Crippen molar-refractivity contribution < 1.29 is 24.3 Å². The lowest BCUT2D eigenvalue weighted by Gasteiger charge is -2.49. The highest BCUT2D eigenvalue weighted by molar-refractivity contribution is 6.24. The Balaban J connectivity index is 1.53. The third-order valence-electron chi connectivity index (χ3n) is 8.74. The number of amides is 4. The summed E-state index contributed by atoms with van der Waals surface area (Å²) < 4.78 is 0. The predicted molar refractivity (Wildman–Crippen MR) is 127 cm³/mol. The second kappa shape index (κ2) is 7.38. The molecule has 6 unspecified atom stereocenters. The van der Waals surface area contributed by atoms with Gasteiger partial charge in [-0.05, 0) is 55.5 Å². The fourth-order valence-corrected chi connectivity index (χ4v) is 7.04. The van der Waals surface area contributed by atoms with Crippen molar-refractivity contribution in [2.24, 2.45) is 29.1 Å². The lowest BCUT2D eigenvalue weighted by molar-refractivity contribution is -0.138. The minimum absolute atomic E-state index is 0.110. The van der Waals surface area contributed by atoms with Gasteiger partial charge >= 0.3 is 0 Å². The van der Waals surface area contributed by atoms with Crippen LogP contribution in [-0.2, 0) is 19.2 Å². The SMILES string of the molecule is CN1C(=O)C2CC=C3C(CC4C(=O)N(c5ccccc5)C(=O)C4(C)C3c3ccc(O)cc3)C2C1=O. The molecule has 0 spiro atoms. The minimum Gasteiger partial charge on any atom is -0.508 e. The van der Waals surface area contributed by atoms with E-state index in [4.69, 9.17) is 0 Å². The summed E-state index contributed by atoms with van der Waals surface area (Å²) in [6.07, 6.45) is 2.81. The molecular formula is C28H26N2O5. The van der Waals surface area contributed by atoms with Crippen LogP contribution >= 0.6 is 0 Å². The zero-order valence-electron chi connectivity index (χ0n) is 19.5. The highest BCUT2D eigenvalue weighted by atomic mass is 16.3. The lowest BCUT2D eigenvalue weighted by Crippen LogP contribution is -2.48. The summed E-state index contributed by atoms with van der Waals surface area (Å²) in [5, 5.41) is 9.91. The molecule has 1 saturated carbocycles. The summed E-state index contributed by atoms with van der Waals surface area (Å²) >= 11 is 0. The molecule has 2 aliphatic heterocycles. The van der Waals surface area contributed by atoms with Gasteiger partial charge in [-0.2, -0.15) is 0 Å². The van der Waals surface area contributed by atoms with Crippen LogP contribution in [0.25, 0.3) is 0 Å². The Hall–Kier alpha value is -3.74.